The van der Waals surface area contributed by atoms with E-state index >= 15 is 0 Å². The van der Waals surface area contributed by atoms with Gasteiger partial charge in [0.15, 0.2) is 0 Å². The van der Waals surface area contributed by atoms with E-state index in [1.165, 1.54) is 26.2 Å². The summed E-state index contributed by atoms with van der Waals surface area (Å²) in [5.74, 6) is 1.94. The highest BCUT2D eigenvalue weighted by Gasteiger charge is 2.54. The van der Waals surface area contributed by atoms with Crippen LogP contribution in [0.4, 0.5) is 5.69 Å². The van der Waals surface area contributed by atoms with E-state index in [9.17, 15) is 14.4 Å². The van der Waals surface area contributed by atoms with Gasteiger partial charge in [-0.2, -0.15) is 0 Å². The van der Waals surface area contributed by atoms with Crippen LogP contribution in [-0.4, -0.2) is 24.3 Å². The van der Waals surface area contributed by atoms with Crippen LogP contribution in [-0.2, 0) is 20.9 Å². The van der Waals surface area contributed by atoms with Crippen molar-refractivity contribution in [1.82, 2.24) is 10.6 Å². The Labute approximate surface area is 165 Å². The molecule has 3 N–H and O–H groups in total. The molecule has 0 aromatic heterocycles. The third-order valence-electron chi connectivity index (χ3n) is 6.69. The number of carbonyl (C=O) groups excluding carboxylic acids is 3. The number of hydrogen-bond acceptors (Lipinski definition) is 3. The minimum Gasteiger partial charge on any atom is -0.350 e. The summed E-state index contributed by atoms with van der Waals surface area (Å²) in [5.41, 5.74) is 1.45. The fraction of sp³-hybridized carbons (Fsp3) is 0.591. The van der Waals surface area contributed by atoms with Crippen LogP contribution in [0.5, 0.6) is 0 Å². The molecule has 0 unspecified atom stereocenters. The van der Waals surface area contributed by atoms with Crippen LogP contribution in [0.2, 0.25) is 0 Å². The van der Waals surface area contributed by atoms with Gasteiger partial charge in [-0.15, -0.1) is 0 Å². The minimum atomic E-state index is -0.214. The van der Waals surface area contributed by atoms with Crippen molar-refractivity contribution in [3.05, 3.63) is 29.8 Å². The number of hydrogen-bond donors (Lipinski definition) is 3. The van der Waals surface area contributed by atoms with Crippen molar-refractivity contribution < 1.29 is 14.4 Å². The second-order valence-corrected chi connectivity index (χ2v) is 9.04. The van der Waals surface area contributed by atoms with Gasteiger partial charge in [-0.1, -0.05) is 12.1 Å². The average molecular weight is 383 g/mol. The summed E-state index contributed by atoms with van der Waals surface area (Å²) in [5, 5.41) is 8.47. The molecule has 150 valence electrons. The van der Waals surface area contributed by atoms with Gasteiger partial charge in [-0.3, -0.25) is 14.4 Å². The number of amides is 3. The fourth-order valence-corrected chi connectivity index (χ4v) is 5.91. The van der Waals surface area contributed by atoms with Gasteiger partial charge in [0.2, 0.25) is 17.7 Å². The molecule has 0 radical (unpaired) electrons. The number of rotatable bonds is 6. The first-order chi connectivity index (χ1) is 13.4. The van der Waals surface area contributed by atoms with E-state index in [2.05, 4.69) is 16.0 Å². The van der Waals surface area contributed by atoms with E-state index in [4.69, 9.17) is 0 Å². The first kappa shape index (κ1) is 19.0. The number of benzene rings is 1. The zero-order chi connectivity index (χ0) is 19.7. The van der Waals surface area contributed by atoms with Gasteiger partial charge in [0.05, 0.1) is 6.54 Å². The van der Waals surface area contributed by atoms with Crippen LogP contribution in [0.15, 0.2) is 24.3 Å². The molecule has 4 saturated carbocycles. The maximum atomic E-state index is 12.9. The Kier molecular flexibility index (Phi) is 5.13. The highest BCUT2D eigenvalue weighted by molar-refractivity contribution is 5.89. The first-order valence-corrected chi connectivity index (χ1v) is 10.3. The van der Waals surface area contributed by atoms with Gasteiger partial charge < -0.3 is 16.0 Å². The lowest BCUT2D eigenvalue weighted by Gasteiger charge is -2.55. The summed E-state index contributed by atoms with van der Waals surface area (Å²) in [6.45, 7) is 1.89. The maximum absolute atomic E-state index is 12.9. The Morgan fingerprint density at radius 3 is 2.04 bits per heavy atom. The molecular weight excluding hydrogens is 354 g/mol. The normalized spacial score (nSPS) is 30.0. The largest absolute Gasteiger partial charge is 0.350 e. The second-order valence-electron chi connectivity index (χ2n) is 9.04. The van der Waals surface area contributed by atoms with Crippen molar-refractivity contribution in [3.63, 3.8) is 0 Å². The monoisotopic (exact) mass is 383 g/mol. The molecule has 4 aliphatic carbocycles. The Bertz CT molecular complexity index is 736. The van der Waals surface area contributed by atoms with Gasteiger partial charge in [-0.05, 0) is 74.0 Å². The standard InChI is InChI=1S/C22H29N3O3/c1-14(26)25-19-4-2-15(3-5-19)12-23-20(27)13-24-21(28)22-9-16-6-17(10-22)8-18(7-16)11-22/h2-5,16-18H,6-13H2,1H3,(H,23,27)(H,24,28)(H,25,26). The first-order valence-electron chi connectivity index (χ1n) is 10.3. The Balaban J connectivity index is 1.23. The predicted molar refractivity (Wildman–Crippen MR) is 106 cm³/mol. The predicted octanol–water partition coefficient (Wildman–Crippen LogP) is 2.59. The lowest BCUT2D eigenvalue weighted by Crippen LogP contribution is -2.54. The minimum absolute atomic E-state index is 0.0323. The molecule has 6 heteroatoms. The third-order valence-corrected chi connectivity index (χ3v) is 6.69. The van der Waals surface area contributed by atoms with Crippen molar-refractivity contribution in [2.45, 2.75) is 52.0 Å². The van der Waals surface area contributed by atoms with Gasteiger partial charge >= 0.3 is 0 Å². The van der Waals surface area contributed by atoms with Crippen molar-refractivity contribution in [2.24, 2.45) is 23.2 Å². The maximum Gasteiger partial charge on any atom is 0.239 e. The summed E-state index contributed by atoms with van der Waals surface area (Å²) < 4.78 is 0. The lowest BCUT2D eigenvalue weighted by molar-refractivity contribution is -0.147. The smallest absolute Gasteiger partial charge is 0.239 e. The Morgan fingerprint density at radius 1 is 0.929 bits per heavy atom. The van der Waals surface area contributed by atoms with E-state index in [1.807, 2.05) is 12.1 Å². The van der Waals surface area contributed by atoms with E-state index in [0.717, 1.165) is 30.5 Å². The molecule has 0 atom stereocenters. The van der Waals surface area contributed by atoms with Crippen LogP contribution in [0, 0.1) is 23.2 Å². The second kappa shape index (κ2) is 7.57. The molecular formula is C22H29N3O3. The molecule has 6 nitrogen and oxygen atoms in total. The number of carbonyl (C=O) groups is 3. The fourth-order valence-electron chi connectivity index (χ4n) is 5.91. The summed E-state index contributed by atoms with van der Waals surface area (Å²) in [4.78, 5) is 36.1. The van der Waals surface area contributed by atoms with Crippen molar-refractivity contribution >= 4 is 23.4 Å². The van der Waals surface area contributed by atoms with Crippen LogP contribution < -0.4 is 16.0 Å². The Hall–Kier alpha value is -2.37. The van der Waals surface area contributed by atoms with Crippen molar-refractivity contribution in [2.75, 3.05) is 11.9 Å². The van der Waals surface area contributed by atoms with E-state index < -0.39 is 0 Å². The summed E-state index contributed by atoms with van der Waals surface area (Å²) in [6, 6.07) is 7.33. The van der Waals surface area contributed by atoms with E-state index in [0.29, 0.717) is 24.3 Å². The summed E-state index contributed by atoms with van der Waals surface area (Å²) in [6.07, 6.45) is 6.92. The quantitative estimate of drug-likeness (QED) is 0.706. The van der Waals surface area contributed by atoms with Crippen LogP contribution in [0.25, 0.3) is 0 Å². The van der Waals surface area contributed by atoms with Gasteiger partial charge in [-0.25, -0.2) is 0 Å². The molecule has 28 heavy (non-hydrogen) atoms. The van der Waals surface area contributed by atoms with Crippen LogP contribution in [0.1, 0.15) is 51.0 Å². The average Bonchev–Trinajstić information content (AvgIpc) is 2.64. The summed E-state index contributed by atoms with van der Waals surface area (Å²) in [7, 11) is 0. The zero-order valence-electron chi connectivity index (χ0n) is 16.4. The lowest BCUT2D eigenvalue weighted by atomic mass is 9.49. The van der Waals surface area contributed by atoms with E-state index in [-0.39, 0.29) is 29.7 Å². The molecule has 0 saturated heterocycles. The molecule has 4 bridgehead atoms. The van der Waals surface area contributed by atoms with Gasteiger partial charge in [0.1, 0.15) is 0 Å². The third kappa shape index (κ3) is 4.05. The summed E-state index contributed by atoms with van der Waals surface area (Å²) >= 11 is 0. The van der Waals surface area contributed by atoms with Gasteiger partial charge in [0, 0.05) is 24.6 Å². The molecule has 0 spiro atoms. The highest BCUT2D eigenvalue weighted by Crippen LogP contribution is 2.60. The van der Waals surface area contributed by atoms with E-state index in [1.54, 1.807) is 12.1 Å². The SMILES string of the molecule is CC(=O)Nc1ccc(CNC(=O)CNC(=O)C23CC4CC(CC(C4)C2)C3)cc1. The Morgan fingerprint density at radius 2 is 1.50 bits per heavy atom. The van der Waals surface area contributed by atoms with Crippen LogP contribution in [0.3, 0.4) is 0 Å². The number of nitrogens with one attached hydrogen (secondary N) is 3. The molecule has 1 aromatic rings. The molecule has 0 heterocycles. The molecule has 5 rings (SSSR count). The molecule has 4 fully saturated rings. The molecule has 1 aromatic carbocycles. The van der Waals surface area contributed by atoms with Crippen molar-refractivity contribution in [3.8, 4) is 0 Å². The molecule has 0 aliphatic heterocycles. The topological polar surface area (TPSA) is 87.3 Å². The number of anilines is 1. The van der Waals surface area contributed by atoms with Crippen molar-refractivity contribution in [1.29, 1.82) is 0 Å². The molecule has 4 aliphatic rings. The van der Waals surface area contributed by atoms with Gasteiger partial charge in [0.25, 0.3) is 0 Å². The van der Waals surface area contributed by atoms with Crippen LogP contribution >= 0.6 is 0 Å². The molecule has 3 amide bonds. The zero-order valence-corrected chi connectivity index (χ0v) is 16.4. The highest BCUT2D eigenvalue weighted by atomic mass is 16.2.